The Morgan fingerprint density at radius 2 is 1.73 bits per heavy atom. The van der Waals surface area contributed by atoms with Crippen molar-refractivity contribution in [2.45, 2.75) is 53.4 Å². The van der Waals surface area contributed by atoms with Gasteiger partial charge in [-0.25, -0.2) is 0 Å². The van der Waals surface area contributed by atoms with Crippen LogP contribution in [0.15, 0.2) is 0 Å². The topological polar surface area (TPSA) is 70.2 Å². The molecule has 0 aliphatic carbocycles. The molecule has 5 nitrogen and oxygen atoms in total. The lowest BCUT2D eigenvalue weighted by Gasteiger charge is -2.34. The fraction of sp³-hybridized carbons (Fsp3) is 0.875. The van der Waals surface area contributed by atoms with E-state index in [1.54, 1.807) is 0 Å². The minimum absolute atomic E-state index is 0. The third-order valence-corrected chi connectivity index (χ3v) is 4.07. The van der Waals surface area contributed by atoms with Gasteiger partial charge in [0.15, 0.2) is 0 Å². The molecule has 1 aliphatic rings. The highest BCUT2D eigenvalue weighted by atomic mass is 35.5. The van der Waals surface area contributed by atoms with Crippen molar-refractivity contribution in [2.24, 2.45) is 10.8 Å². The number of halogens is 1. The second kappa shape index (κ2) is 9.36. The Morgan fingerprint density at radius 1 is 1.14 bits per heavy atom. The van der Waals surface area contributed by atoms with Crippen molar-refractivity contribution in [1.29, 1.82) is 0 Å². The first-order chi connectivity index (χ1) is 9.73. The molecular weight excluding hydrogens is 302 g/mol. The van der Waals surface area contributed by atoms with Crippen LogP contribution in [0, 0.1) is 10.8 Å². The Labute approximate surface area is 140 Å². The minimum Gasteiger partial charge on any atom is -0.356 e. The lowest BCUT2D eigenvalue weighted by Crippen LogP contribution is -2.43. The van der Waals surface area contributed by atoms with Crippen LogP contribution in [0.5, 0.6) is 0 Å². The van der Waals surface area contributed by atoms with Crippen LogP contribution in [0.25, 0.3) is 0 Å². The van der Waals surface area contributed by atoms with E-state index in [-0.39, 0.29) is 35.1 Å². The number of piperidine rings is 1. The molecular formula is C16H32ClN3O2. The second-order valence-electron chi connectivity index (χ2n) is 7.45. The summed E-state index contributed by atoms with van der Waals surface area (Å²) in [5.41, 5.74) is -0.146. The Bertz CT molecular complexity index is 361. The van der Waals surface area contributed by atoms with E-state index in [1.165, 1.54) is 0 Å². The smallest absolute Gasteiger partial charge is 0.225 e. The van der Waals surface area contributed by atoms with Gasteiger partial charge in [-0.3, -0.25) is 9.59 Å². The maximum atomic E-state index is 11.8. The third-order valence-electron chi connectivity index (χ3n) is 4.07. The fourth-order valence-electron chi connectivity index (χ4n) is 2.32. The number of hydrogen-bond acceptors (Lipinski definition) is 3. The van der Waals surface area contributed by atoms with Crippen LogP contribution in [-0.4, -0.2) is 38.0 Å². The first-order valence-corrected chi connectivity index (χ1v) is 7.99. The SMILES string of the molecule is CC1(CNC(=O)CCCNC(=O)C(C)(C)C)CCNCC1.Cl. The Morgan fingerprint density at radius 3 is 2.27 bits per heavy atom. The standard InChI is InChI=1S/C16H31N3O2.ClH/c1-15(2,3)14(21)18-9-5-6-13(20)19-12-16(4)7-10-17-11-8-16;/h17H,5-12H2,1-4H3,(H,18,21)(H,19,20);1H. The van der Waals surface area contributed by atoms with Gasteiger partial charge >= 0.3 is 0 Å². The molecule has 0 saturated carbocycles. The van der Waals surface area contributed by atoms with E-state index in [0.717, 1.165) is 32.5 Å². The Hall–Kier alpha value is -0.810. The molecule has 0 unspecified atom stereocenters. The van der Waals surface area contributed by atoms with Crippen LogP contribution in [0.4, 0.5) is 0 Å². The van der Waals surface area contributed by atoms with E-state index in [9.17, 15) is 9.59 Å². The molecule has 0 bridgehead atoms. The van der Waals surface area contributed by atoms with Gasteiger partial charge in [0, 0.05) is 24.9 Å². The monoisotopic (exact) mass is 333 g/mol. The van der Waals surface area contributed by atoms with E-state index in [2.05, 4.69) is 22.9 Å². The molecule has 130 valence electrons. The van der Waals surface area contributed by atoms with E-state index in [4.69, 9.17) is 0 Å². The number of nitrogens with one attached hydrogen (secondary N) is 3. The summed E-state index contributed by atoms with van der Waals surface area (Å²) in [6.07, 6.45) is 3.37. The summed E-state index contributed by atoms with van der Waals surface area (Å²) in [5, 5.41) is 9.23. The number of amides is 2. The number of carbonyl (C=O) groups excluding carboxylic acids is 2. The first kappa shape index (κ1) is 21.2. The second-order valence-corrected chi connectivity index (χ2v) is 7.45. The van der Waals surface area contributed by atoms with Crippen molar-refractivity contribution in [1.82, 2.24) is 16.0 Å². The van der Waals surface area contributed by atoms with Crippen molar-refractivity contribution in [3.8, 4) is 0 Å². The molecule has 2 amide bonds. The van der Waals surface area contributed by atoms with Crippen LogP contribution in [-0.2, 0) is 9.59 Å². The van der Waals surface area contributed by atoms with Gasteiger partial charge in [0.25, 0.3) is 0 Å². The molecule has 0 aromatic rings. The average Bonchev–Trinajstić information content (AvgIpc) is 2.41. The van der Waals surface area contributed by atoms with Gasteiger partial charge in [0.2, 0.25) is 11.8 Å². The zero-order valence-corrected chi connectivity index (χ0v) is 15.2. The molecule has 0 atom stereocenters. The molecule has 0 aromatic heterocycles. The van der Waals surface area contributed by atoms with Crippen LogP contribution in [0.3, 0.4) is 0 Å². The van der Waals surface area contributed by atoms with Gasteiger partial charge in [-0.2, -0.15) is 0 Å². The number of rotatable bonds is 6. The van der Waals surface area contributed by atoms with Gasteiger partial charge in [0.1, 0.15) is 0 Å². The summed E-state index contributed by atoms with van der Waals surface area (Å²) >= 11 is 0. The number of hydrogen-bond donors (Lipinski definition) is 3. The summed E-state index contributed by atoms with van der Waals surface area (Å²) in [7, 11) is 0. The Kier molecular flexibility index (Phi) is 9.01. The van der Waals surface area contributed by atoms with Gasteiger partial charge < -0.3 is 16.0 Å². The van der Waals surface area contributed by atoms with E-state index < -0.39 is 0 Å². The van der Waals surface area contributed by atoms with Gasteiger partial charge in [-0.1, -0.05) is 27.7 Å². The molecule has 0 spiro atoms. The molecule has 0 aromatic carbocycles. The van der Waals surface area contributed by atoms with Crippen molar-refractivity contribution < 1.29 is 9.59 Å². The maximum Gasteiger partial charge on any atom is 0.225 e. The van der Waals surface area contributed by atoms with Crippen molar-refractivity contribution in [3.05, 3.63) is 0 Å². The molecule has 1 fully saturated rings. The Balaban J connectivity index is 0.00000441. The van der Waals surface area contributed by atoms with Crippen LogP contribution in [0.2, 0.25) is 0 Å². The quantitative estimate of drug-likeness (QED) is 0.650. The summed E-state index contributed by atoms with van der Waals surface area (Å²) < 4.78 is 0. The van der Waals surface area contributed by atoms with Gasteiger partial charge in [-0.05, 0) is 37.8 Å². The summed E-state index contributed by atoms with van der Waals surface area (Å²) in [4.78, 5) is 23.5. The highest BCUT2D eigenvalue weighted by Gasteiger charge is 2.26. The molecule has 6 heteroatoms. The molecule has 1 heterocycles. The molecule has 22 heavy (non-hydrogen) atoms. The van der Waals surface area contributed by atoms with Gasteiger partial charge in [0.05, 0.1) is 0 Å². The third kappa shape index (κ3) is 7.99. The molecule has 1 rings (SSSR count). The molecule has 1 aliphatic heterocycles. The molecule has 3 N–H and O–H groups in total. The molecule has 0 radical (unpaired) electrons. The lowest BCUT2D eigenvalue weighted by atomic mass is 9.81. The predicted octanol–water partition coefficient (Wildman–Crippen LogP) is 1.86. The highest BCUT2D eigenvalue weighted by Crippen LogP contribution is 2.26. The van der Waals surface area contributed by atoms with E-state index >= 15 is 0 Å². The summed E-state index contributed by atoms with van der Waals surface area (Å²) in [5.74, 6) is 0.116. The van der Waals surface area contributed by atoms with Crippen LogP contribution < -0.4 is 16.0 Å². The zero-order chi connectivity index (χ0) is 15.9. The summed E-state index contributed by atoms with van der Waals surface area (Å²) in [6.45, 7) is 11.3. The van der Waals surface area contributed by atoms with E-state index in [1.807, 2.05) is 20.8 Å². The predicted molar refractivity (Wildman–Crippen MR) is 92.2 cm³/mol. The summed E-state index contributed by atoms with van der Waals surface area (Å²) in [6, 6.07) is 0. The number of carbonyl (C=O) groups is 2. The lowest BCUT2D eigenvalue weighted by molar-refractivity contribution is -0.128. The van der Waals surface area contributed by atoms with Crippen LogP contribution in [0.1, 0.15) is 53.4 Å². The van der Waals surface area contributed by atoms with Gasteiger partial charge in [-0.15, -0.1) is 12.4 Å². The van der Waals surface area contributed by atoms with Crippen molar-refractivity contribution >= 4 is 24.2 Å². The molecule has 1 saturated heterocycles. The highest BCUT2D eigenvalue weighted by molar-refractivity contribution is 5.85. The minimum atomic E-state index is -0.369. The van der Waals surface area contributed by atoms with Crippen LogP contribution >= 0.6 is 12.4 Å². The maximum absolute atomic E-state index is 11.8. The normalized spacial score (nSPS) is 17.3. The van der Waals surface area contributed by atoms with E-state index in [0.29, 0.717) is 19.4 Å². The zero-order valence-electron chi connectivity index (χ0n) is 14.4. The fourth-order valence-corrected chi connectivity index (χ4v) is 2.32. The van der Waals surface area contributed by atoms with Crippen molar-refractivity contribution in [2.75, 3.05) is 26.2 Å². The largest absolute Gasteiger partial charge is 0.356 e. The van der Waals surface area contributed by atoms with Crippen molar-refractivity contribution in [3.63, 3.8) is 0 Å². The first-order valence-electron chi connectivity index (χ1n) is 7.99. The average molecular weight is 334 g/mol.